The van der Waals surface area contributed by atoms with Crippen molar-refractivity contribution in [2.24, 2.45) is 5.92 Å². The molecule has 0 radical (unpaired) electrons. The third-order valence-electron chi connectivity index (χ3n) is 8.28. The number of nitrogens with one attached hydrogen (secondary N) is 3. The molecular formula is C36H44N6O3. The number of hydrogen-bond acceptors (Lipinski definition) is 4. The van der Waals surface area contributed by atoms with Crippen LogP contribution in [0.1, 0.15) is 56.0 Å². The van der Waals surface area contributed by atoms with Crippen LogP contribution in [0.15, 0.2) is 72.8 Å². The Balaban J connectivity index is 1.16. The van der Waals surface area contributed by atoms with Crippen LogP contribution in [0, 0.1) is 19.8 Å². The van der Waals surface area contributed by atoms with Gasteiger partial charge in [0.15, 0.2) is 0 Å². The molecule has 3 N–H and O–H groups in total. The quantitative estimate of drug-likeness (QED) is 0.198. The van der Waals surface area contributed by atoms with E-state index in [0.717, 1.165) is 64.5 Å². The number of methoxy groups -OCH3 is 1. The number of benzene rings is 3. The van der Waals surface area contributed by atoms with Crippen LogP contribution in [0.3, 0.4) is 0 Å². The van der Waals surface area contributed by atoms with E-state index >= 15 is 0 Å². The lowest BCUT2D eigenvalue weighted by molar-refractivity contribution is 0.182. The van der Waals surface area contributed by atoms with Gasteiger partial charge in [0.2, 0.25) is 0 Å². The minimum absolute atomic E-state index is 0.0720. The Kier molecular flexibility index (Phi) is 9.46. The molecule has 2 heterocycles. The minimum atomic E-state index is -0.327. The van der Waals surface area contributed by atoms with Crippen LogP contribution in [0.2, 0.25) is 0 Å². The fourth-order valence-corrected chi connectivity index (χ4v) is 5.55. The molecule has 0 aliphatic carbocycles. The maximum atomic E-state index is 13.2. The van der Waals surface area contributed by atoms with Gasteiger partial charge in [-0.05, 0) is 92.6 Å². The average Bonchev–Trinajstić information content (AvgIpc) is 3.43. The first-order chi connectivity index (χ1) is 21.5. The molecule has 0 bridgehead atoms. The van der Waals surface area contributed by atoms with Crippen molar-refractivity contribution >= 4 is 29.3 Å². The number of urea groups is 2. The van der Waals surface area contributed by atoms with E-state index in [1.54, 1.807) is 11.8 Å². The third kappa shape index (κ3) is 8.03. The zero-order chi connectivity index (χ0) is 32.1. The molecule has 1 fully saturated rings. The first-order valence-electron chi connectivity index (χ1n) is 15.5. The second-order valence-electron chi connectivity index (χ2n) is 12.9. The first kappa shape index (κ1) is 31.6. The van der Waals surface area contributed by atoms with E-state index in [-0.39, 0.29) is 17.5 Å². The van der Waals surface area contributed by atoms with Gasteiger partial charge in [0.05, 0.1) is 18.5 Å². The molecule has 9 nitrogen and oxygen atoms in total. The van der Waals surface area contributed by atoms with Crippen LogP contribution in [0.5, 0.6) is 5.75 Å². The molecule has 4 amide bonds. The molecule has 0 unspecified atom stereocenters. The van der Waals surface area contributed by atoms with Crippen molar-refractivity contribution in [2.45, 2.75) is 59.3 Å². The van der Waals surface area contributed by atoms with Crippen molar-refractivity contribution < 1.29 is 14.3 Å². The number of ether oxygens (including phenoxy) is 1. The summed E-state index contributed by atoms with van der Waals surface area (Å²) in [6.07, 6.45) is 2.73. The maximum absolute atomic E-state index is 13.2. The predicted octanol–water partition coefficient (Wildman–Crippen LogP) is 7.93. The molecule has 0 saturated carbocycles. The predicted molar refractivity (Wildman–Crippen MR) is 181 cm³/mol. The highest BCUT2D eigenvalue weighted by Gasteiger charge is 2.24. The van der Waals surface area contributed by atoms with Crippen molar-refractivity contribution in [2.75, 3.05) is 36.1 Å². The first-order valence-corrected chi connectivity index (χ1v) is 15.5. The van der Waals surface area contributed by atoms with Gasteiger partial charge in [-0.3, -0.25) is 5.32 Å². The maximum Gasteiger partial charge on any atom is 0.324 e. The van der Waals surface area contributed by atoms with Crippen molar-refractivity contribution in [3.63, 3.8) is 0 Å². The van der Waals surface area contributed by atoms with Crippen LogP contribution >= 0.6 is 0 Å². The van der Waals surface area contributed by atoms with Crippen LogP contribution in [0.25, 0.3) is 5.69 Å². The lowest BCUT2D eigenvalue weighted by Crippen LogP contribution is -2.41. The second-order valence-corrected chi connectivity index (χ2v) is 12.9. The van der Waals surface area contributed by atoms with Crippen molar-refractivity contribution in [1.29, 1.82) is 0 Å². The Morgan fingerprint density at radius 3 is 2.31 bits per heavy atom. The van der Waals surface area contributed by atoms with Crippen LogP contribution in [-0.2, 0) is 11.8 Å². The lowest BCUT2D eigenvalue weighted by atomic mass is 9.90. The highest BCUT2D eigenvalue weighted by molar-refractivity contribution is 5.99. The van der Waals surface area contributed by atoms with Gasteiger partial charge >= 0.3 is 12.1 Å². The largest absolute Gasteiger partial charge is 0.497 e. The summed E-state index contributed by atoms with van der Waals surface area (Å²) < 4.78 is 7.04. The van der Waals surface area contributed by atoms with Crippen LogP contribution in [0.4, 0.5) is 26.8 Å². The number of aryl methyl sites for hydroxylation is 2. The summed E-state index contributed by atoms with van der Waals surface area (Å²) in [5.74, 6) is 1.84. The number of carbonyl (C=O) groups excluding carboxylic acids is 2. The summed E-state index contributed by atoms with van der Waals surface area (Å²) in [4.78, 5) is 27.9. The number of rotatable bonds is 7. The molecule has 4 aromatic rings. The zero-order valence-corrected chi connectivity index (χ0v) is 27.1. The second kappa shape index (κ2) is 13.5. The monoisotopic (exact) mass is 608 g/mol. The van der Waals surface area contributed by atoms with Gasteiger partial charge in [0, 0.05) is 35.9 Å². The van der Waals surface area contributed by atoms with E-state index in [9.17, 15) is 9.59 Å². The summed E-state index contributed by atoms with van der Waals surface area (Å²) in [6.45, 7) is 11.7. The molecule has 9 heteroatoms. The molecule has 1 aromatic heterocycles. The highest BCUT2D eigenvalue weighted by atomic mass is 16.5. The van der Waals surface area contributed by atoms with Gasteiger partial charge < -0.3 is 20.3 Å². The average molecular weight is 609 g/mol. The fraction of sp³-hybridized carbons (Fsp3) is 0.361. The molecule has 45 heavy (non-hydrogen) atoms. The molecule has 0 spiro atoms. The van der Waals surface area contributed by atoms with Gasteiger partial charge in [-0.2, -0.15) is 5.10 Å². The van der Waals surface area contributed by atoms with E-state index in [2.05, 4.69) is 42.8 Å². The fourth-order valence-electron chi connectivity index (χ4n) is 5.55. The van der Waals surface area contributed by atoms with Crippen molar-refractivity contribution in [3.8, 4) is 11.4 Å². The molecule has 236 valence electrons. The third-order valence-corrected chi connectivity index (χ3v) is 8.28. The number of piperidine rings is 1. The van der Waals surface area contributed by atoms with E-state index in [0.29, 0.717) is 24.8 Å². The SMILES string of the molecule is COc1ccc(NC(=O)N2CCC(Cc3cccc(NC(=O)Nc4cc(C(C)(C)C)nn4-c4ccc(C)cc4)c3)CC2)c(C)c1. The van der Waals surface area contributed by atoms with Gasteiger partial charge in [0.1, 0.15) is 11.6 Å². The van der Waals surface area contributed by atoms with Gasteiger partial charge in [-0.15, -0.1) is 0 Å². The summed E-state index contributed by atoms with van der Waals surface area (Å²) in [5, 5.41) is 13.9. The van der Waals surface area contributed by atoms with E-state index < -0.39 is 0 Å². The zero-order valence-electron chi connectivity index (χ0n) is 27.1. The number of nitrogens with zero attached hydrogens (tertiary/aromatic N) is 3. The molecule has 1 saturated heterocycles. The lowest BCUT2D eigenvalue weighted by Gasteiger charge is -2.32. The number of anilines is 3. The number of likely N-dealkylation sites (tertiary alicyclic amines) is 1. The normalized spacial score (nSPS) is 13.8. The Morgan fingerprint density at radius 1 is 0.911 bits per heavy atom. The number of carbonyl (C=O) groups is 2. The summed E-state index contributed by atoms with van der Waals surface area (Å²) >= 11 is 0. The minimum Gasteiger partial charge on any atom is -0.497 e. The van der Waals surface area contributed by atoms with E-state index in [4.69, 9.17) is 9.84 Å². The van der Waals surface area contributed by atoms with Gasteiger partial charge in [-0.1, -0.05) is 50.6 Å². The topological polar surface area (TPSA) is 101 Å². The Bertz CT molecular complexity index is 1650. The van der Waals surface area contributed by atoms with Gasteiger partial charge in [0.25, 0.3) is 0 Å². The molecule has 0 atom stereocenters. The van der Waals surface area contributed by atoms with Crippen molar-refractivity contribution in [3.05, 3.63) is 95.2 Å². The van der Waals surface area contributed by atoms with E-state index in [1.807, 2.05) is 85.5 Å². The number of amides is 4. The molecular weight excluding hydrogens is 564 g/mol. The summed E-state index contributed by atoms with van der Waals surface area (Å²) in [5.41, 5.74) is 6.40. The Hall–Kier alpha value is -4.79. The molecule has 1 aliphatic heterocycles. The van der Waals surface area contributed by atoms with E-state index in [1.165, 1.54) is 0 Å². The standard InChI is InChI=1S/C36H44N6O3/c1-24-10-12-29(13-11-24)42-33(23-32(40-42)36(3,4)5)39-34(43)37-28-9-7-8-27(22-28)21-26-16-18-41(19-17-26)35(44)38-31-15-14-30(45-6)20-25(31)2/h7-15,20,22-23,26H,16-19,21H2,1-6H3,(H,38,44)(H2,37,39,43). The highest BCUT2D eigenvalue weighted by Crippen LogP contribution is 2.28. The Morgan fingerprint density at radius 2 is 1.64 bits per heavy atom. The smallest absolute Gasteiger partial charge is 0.324 e. The van der Waals surface area contributed by atoms with Crippen LogP contribution < -0.4 is 20.7 Å². The van der Waals surface area contributed by atoms with Gasteiger partial charge in [-0.25, -0.2) is 14.3 Å². The molecule has 3 aromatic carbocycles. The number of aromatic nitrogens is 2. The molecule has 1 aliphatic rings. The molecule has 5 rings (SSSR count). The number of hydrogen-bond donors (Lipinski definition) is 3. The Labute approximate surface area is 266 Å². The van der Waals surface area contributed by atoms with Crippen LogP contribution in [-0.4, -0.2) is 46.9 Å². The van der Waals surface area contributed by atoms with Crippen molar-refractivity contribution in [1.82, 2.24) is 14.7 Å². The summed E-state index contributed by atoms with van der Waals surface area (Å²) in [7, 11) is 1.63. The summed E-state index contributed by atoms with van der Waals surface area (Å²) in [6, 6.07) is 23.2.